The molecule has 2 aromatic rings. The predicted octanol–water partition coefficient (Wildman–Crippen LogP) is 8.08. The number of carbonyl (C=O) groups excluding carboxylic acids is 2. The molecule has 248 valence electrons. The van der Waals surface area contributed by atoms with Crippen LogP contribution in [0.25, 0.3) is 0 Å². The van der Waals surface area contributed by atoms with Gasteiger partial charge in [-0.1, -0.05) is 37.3 Å². The predicted molar refractivity (Wildman–Crippen MR) is 158 cm³/mol. The van der Waals surface area contributed by atoms with Gasteiger partial charge < -0.3 is 15.0 Å². The Hall–Kier alpha value is -3.08. The Morgan fingerprint density at radius 3 is 2.07 bits per heavy atom. The summed E-state index contributed by atoms with van der Waals surface area (Å²) in [6.07, 6.45) is -6.60. The van der Waals surface area contributed by atoms with Gasteiger partial charge in [-0.05, 0) is 108 Å². The summed E-state index contributed by atoms with van der Waals surface area (Å²) in [6, 6.07) is 10.4. The van der Waals surface area contributed by atoms with Crippen LogP contribution in [0.4, 0.5) is 26.3 Å². The first-order valence-electron chi connectivity index (χ1n) is 15.6. The molecule has 3 unspecified atom stereocenters. The molecule has 3 atom stereocenters. The van der Waals surface area contributed by atoms with Crippen LogP contribution in [0.1, 0.15) is 94.4 Å². The lowest BCUT2D eigenvalue weighted by Gasteiger charge is -2.44. The summed E-state index contributed by atoms with van der Waals surface area (Å²) >= 11 is 0. The van der Waals surface area contributed by atoms with Crippen molar-refractivity contribution in [1.82, 2.24) is 10.2 Å². The number of alkyl halides is 6. The molecule has 2 aromatic carbocycles. The molecule has 2 aliphatic rings. The van der Waals surface area contributed by atoms with Crippen molar-refractivity contribution in [2.75, 3.05) is 19.6 Å². The highest BCUT2D eigenvalue weighted by Gasteiger charge is 2.44. The molecule has 0 aromatic heterocycles. The molecule has 45 heavy (non-hydrogen) atoms. The van der Waals surface area contributed by atoms with Crippen molar-refractivity contribution >= 4 is 11.9 Å². The first kappa shape index (κ1) is 34.8. The van der Waals surface area contributed by atoms with Crippen LogP contribution in [-0.2, 0) is 32.2 Å². The number of rotatable bonds is 8. The molecule has 1 heterocycles. The number of nitrogens with one attached hydrogen (secondary N) is 1. The van der Waals surface area contributed by atoms with E-state index in [1.807, 2.05) is 44.2 Å². The fourth-order valence-corrected chi connectivity index (χ4v) is 6.76. The Balaban J connectivity index is 1.51. The van der Waals surface area contributed by atoms with Gasteiger partial charge in [0, 0.05) is 6.54 Å². The van der Waals surface area contributed by atoms with Gasteiger partial charge in [0.15, 0.2) is 0 Å². The minimum atomic E-state index is -5.01. The third-order valence-electron chi connectivity index (χ3n) is 9.75. The molecule has 11 heteroatoms. The number of likely N-dealkylation sites (tertiary alicyclic amines) is 1. The highest BCUT2D eigenvalue weighted by atomic mass is 19.4. The van der Waals surface area contributed by atoms with Crippen molar-refractivity contribution in [1.29, 1.82) is 0 Å². The summed E-state index contributed by atoms with van der Waals surface area (Å²) in [5.41, 5.74) is -3.97. The Morgan fingerprint density at radius 2 is 1.53 bits per heavy atom. The van der Waals surface area contributed by atoms with Crippen LogP contribution in [-0.4, -0.2) is 42.5 Å². The summed E-state index contributed by atoms with van der Waals surface area (Å²) in [5, 5.41) is 3.02. The summed E-state index contributed by atoms with van der Waals surface area (Å²) in [5.74, 6) is -2.15. The molecule has 0 radical (unpaired) electrons. The van der Waals surface area contributed by atoms with E-state index in [1.165, 1.54) is 6.92 Å². The molecular formula is C34H42F6N2O3. The summed E-state index contributed by atoms with van der Waals surface area (Å²) in [4.78, 5) is 29.1. The van der Waals surface area contributed by atoms with Crippen LogP contribution in [0.5, 0.6) is 0 Å². The summed E-state index contributed by atoms with van der Waals surface area (Å²) in [7, 11) is 0. The molecule has 1 aliphatic heterocycles. The molecule has 5 nitrogen and oxygen atoms in total. The minimum Gasteiger partial charge on any atom is -0.462 e. The topological polar surface area (TPSA) is 58.6 Å². The maximum atomic E-state index is 13.6. The van der Waals surface area contributed by atoms with Crippen molar-refractivity contribution in [3.8, 4) is 0 Å². The van der Waals surface area contributed by atoms with E-state index in [0.717, 1.165) is 31.5 Å². The molecule has 1 saturated heterocycles. The molecule has 0 bridgehead atoms. The van der Waals surface area contributed by atoms with Gasteiger partial charge in [-0.25, -0.2) is 0 Å². The van der Waals surface area contributed by atoms with E-state index in [9.17, 15) is 35.9 Å². The van der Waals surface area contributed by atoms with E-state index >= 15 is 0 Å². The van der Waals surface area contributed by atoms with Crippen molar-refractivity contribution in [3.05, 3.63) is 70.8 Å². The second-order valence-corrected chi connectivity index (χ2v) is 13.0. The van der Waals surface area contributed by atoms with Gasteiger partial charge >= 0.3 is 18.3 Å². The van der Waals surface area contributed by atoms with Gasteiger partial charge in [-0.2, -0.15) is 26.3 Å². The van der Waals surface area contributed by atoms with Crippen LogP contribution < -0.4 is 5.32 Å². The third kappa shape index (κ3) is 8.02. The van der Waals surface area contributed by atoms with Gasteiger partial charge in [0.2, 0.25) is 5.91 Å². The highest BCUT2D eigenvalue weighted by Crippen LogP contribution is 2.43. The molecule has 4 rings (SSSR count). The monoisotopic (exact) mass is 640 g/mol. The largest absolute Gasteiger partial charge is 0.462 e. The van der Waals surface area contributed by atoms with Crippen LogP contribution in [0, 0.1) is 11.3 Å². The third-order valence-corrected chi connectivity index (χ3v) is 9.75. The van der Waals surface area contributed by atoms with E-state index in [0.29, 0.717) is 44.4 Å². The number of benzene rings is 2. The summed E-state index contributed by atoms with van der Waals surface area (Å²) < 4.78 is 87.0. The fraction of sp³-hybridized carbons (Fsp3) is 0.588. The Bertz CT molecular complexity index is 1310. The van der Waals surface area contributed by atoms with E-state index in [2.05, 4.69) is 17.1 Å². The average Bonchev–Trinajstić information content (AvgIpc) is 3.00. The number of amides is 1. The lowest BCUT2D eigenvalue weighted by Crippen LogP contribution is -2.51. The molecule has 1 saturated carbocycles. The Kier molecular flexibility index (Phi) is 10.3. The first-order valence-corrected chi connectivity index (χ1v) is 15.6. The van der Waals surface area contributed by atoms with Gasteiger partial charge in [-0.15, -0.1) is 0 Å². The SMILES string of the molecule is CCN1CCCC(C)(C(=O)OC(C)C2CCC(NC(=O)C(C)c3cc(C(F)(F)F)cc(C(F)(F)F)c3)(c3ccccc3)CC2)C1. The van der Waals surface area contributed by atoms with E-state index in [-0.39, 0.29) is 29.6 Å². The number of esters is 1. The standard InChI is InChI=1S/C34H42F6N2O3/c1-5-42-17-9-14-31(4,21-42)30(44)45-23(3)24-12-15-32(16-13-24,26-10-7-6-8-11-26)41-29(43)22(2)25-18-27(33(35,36)37)20-28(19-25)34(38,39)40/h6-8,10-11,18-20,22-24H,5,9,12-17,21H2,1-4H3,(H,41,43). The lowest BCUT2D eigenvalue weighted by atomic mass is 9.71. The van der Waals surface area contributed by atoms with Crippen LogP contribution >= 0.6 is 0 Å². The van der Waals surface area contributed by atoms with E-state index in [1.54, 1.807) is 0 Å². The maximum Gasteiger partial charge on any atom is 0.416 e. The second-order valence-electron chi connectivity index (χ2n) is 13.0. The average molecular weight is 641 g/mol. The zero-order valence-corrected chi connectivity index (χ0v) is 26.2. The van der Waals surface area contributed by atoms with E-state index in [4.69, 9.17) is 4.74 Å². The molecule has 1 amide bonds. The van der Waals surface area contributed by atoms with Crippen molar-refractivity contribution < 1.29 is 40.7 Å². The van der Waals surface area contributed by atoms with E-state index < -0.39 is 46.3 Å². The molecular weight excluding hydrogens is 598 g/mol. The summed E-state index contributed by atoms with van der Waals surface area (Å²) in [6.45, 7) is 9.68. The Morgan fingerprint density at radius 1 is 0.956 bits per heavy atom. The van der Waals surface area contributed by atoms with Crippen molar-refractivity contribution in [3.63, 3.8) is 0 Å². The van der Waals surface area contributed by atoms with Crippen LogP contribution in [0.15, 0.2) is 48.5 Å². The number of hydrogen-bond acceptors (Lipinski definition) is 4. The fourth-order valence-electron chi connectivity index (χ4n) is 6.76. The molecule has 2 fully saturated rings. The van der Waals surface area contributed by atoms with Crippen molar-refractivity contribution in [2.24, 2.45) is 11.3 Å². The minimum absolute atomic E-state index is 0.0207. The van der Waals surface area contributed by atoms with Crippen LogP contribution in [0.2, 0.25) is 0 Å². The lowest BCUT2D eigenvalue weighted by molar-refractivity contribution is -0.166. The second kappa shape index (κ2) is 13.3. The number of halogens is 6. The Labute approximate surface area is 260 Å². The number of ether oxygens (including phenoxy) is 1. The number of nitrogens with zero attached hydrogens (tertiary/aromatic N) is 1. The van der Waals surface area contributed by atoms with Crippen LogP contribution in [0.3, 0.4) is 0 Å². The molecule has 1 aliphatic carbocycles. The van der Waals surface area contributed by atoms with Gasteiger partial charge in [0.05, 0.1) is 28.0 Å². The first-order chi connectivity index (χ1) is 21.0. The van der Waals surface area contributed by atoms with Gasteiger partial charge in [0.25, 0.3) is 0 Å². The zero-order chi connectivity index (χ0) is 33.2. The molecule has 0 spiro atoms. The quantitative estimate of drug-likeness (QED) is 0.234. The number of piperidine rings is 1. The highest BCUT2D eigenvalue weighted by molar-refractivity contribution is 5.84. The normalized spacial score (nSPS) is 26.1. The number of hydrogen-bond donors (Lipinski definition) is 1. The van der Waals surface area contributed by atoms with Crippen molar-refractivity contribution in [2.45, 2.75) is 96.1 Å². The molecule has 1 N–H and O–H groups in total. The smallest absolute Gasteiger partial charge is 0.416 e. The maximum absolute atomic E-state index is 13.6. The van der Waals surface area contributed by atoms with Gasteiger partial charge in [0.1, 0.15) is 6.10 Å². The van der Waals surface area contributed by atoms with Gasteiger partial charge in [-0.3, -0.25) is 9.59 Å². The zero-order valence-electron chi connectivity index (χ0n) is 26.2. The number of carbonyl (C=O) groups is 2.